The summed E-state index contributed by atoms with van der Waals surface area (Å²) in [5.74, 6) is 0.133. The number of hydrogen-bond acceptors (Lipinski definition) is 5. The van der Waals surface area contributed by atoms with Crippen molar-refractivity contribution in [2.75, 3.05) is 0 Å². The molecular formula is C18H15ClF2N4O2. The Balaban J connectivity index is 1.70. The lowest BCUT2D eigenvalue weighted by atomic mass is 9.95. The third-order valence-electron chi connectivity index (χ3n) is 4.74. The van der Waals surface area contributed by atoms with E-state index in [1.165, 1.54) is 29.8 Å². The number of halogens is 3. The monoisotopic (exact) mass is 392 g/mol. The Kier molecular flexibility index (Phi) is 4.30. The Morgan fingerprint density at radius 1 is 1.41 bits per heavy atom. The van der Waals surface area contributed by atoms with Gasteiger partial charge in [-0.1, -0.05) is 22.8 Å². The fourth-order valence-corrected chi connectivity index (χ4v) is 3.56. The van der Waals surface area contributed by atoms with Crippen LogP contribution in [0.3, 0.4) is 0 Å². The first kappa shape index (κ1) is 17.8. The van der Waals surface area contributed by atoms with Crippen molar-refractivity contribution in [2.24, 2.45) is 0 Å². The first-order chi connectivity index (χ1) is 12.9. The van der Waals surface area contributed by atoms with Crippen molar-refractivity contribution in [3.05, 3.63) is 52.2 Å². The van der Waals surface area contributed by atoms with E-state index in [-0.39, 0.29) is 23.8 Å². The quantitative estimate of drug-likeness (QED) is 0.592. The molecule has 1 fully saturated rings. The van der Waals surface area contributed by atoms with E-state index in [1.807, 2.05) is 0 Å². The van der Waals surface area contributed by atoms with Crippen molar-refractivity contribution in [2.45, 2.75) is 37.9 Å². The van der Waals surface area contributed by atoms with Gasteiger partial charge in [-0.25, -0.2) is 8.78 Å². The highest BCUT2D eigenvalue weighted by Gasteiger charge is 2.51. The minimum atomic E-state index is -1.30. The number of aldehydes is 1. The Labute approximate surface area is 158 Å². The van der Waals surface area contributed by atoms with Crippen LogP contribution in [0.1, 0.15) is 43.0 Å². The highest BCUT2D eigenvalue weighted by atomic mass is 35.5. The maximum Gasteiger partial charge on any atom is 0.278 e. The van der Waals surface area contributed by atoms with E-state index in [0.29, 0.717) is 17.1 Å². The van der Waals surface area contributed by atoms with E-state index >= 15 is 0 Å². The van der Waals surface area contributed by atoms with E-state index in [4.69, 9.17) is 16.1 Å². The molecule has 1 atom stereocenters. The Morgan fingerprint density at radius 3 is 2.81 bits per heavy atom. The molecule has 0 saturated heterocycles. The van der Waals surface area contributed by atoms with Gasteiger partial charge in [0.2, 0.25) is 0 Å². The summed E-state index contributed by atoms with van der Waals surface area (Å²) in [7, 11) is 0. The van der Waals surface area contributed by atoms with Crippen molar-refractivity contribution < 1.29 is 18.1 Å². The Bertz CT molecular complexity index is 1010. The second-order valence-electron chi connectivity index (χ2n) is 6.55. The summed E-state index contributed by atoms with van der Waals surface area (Å²) in [6.45, 7) is 1.29. The van der Waals surface area contributed by atoms with Gasteiger partial charge in [0.1, 0.15) is 18.3 Å². The number of carbonyl (C=O) groups excluding carboxylic acids is 1. The van der Waals surface area contributed by atoms with Crippen molar-refractivity contribution in [3.63, 3.8) is 0 Å². The molecule has 3 aromatic rings. The van der Waals surface area contributed by atoms with Crippen LogP contribution in [-0.2, 0) is 16.8 Å². The van der Waals surface area contributed by atoms with E-state index in [0.717, 1.165) is 18.4 Å². The molecule has 1 saturated carbocycles. The SMILES string of the molecule is CC(F)c1cc(-c2nc(C3(c4ccc(F)cc4Cl)CC3)no2)nn1CC=O. The van der Waals surface area contributed by atoms with Crippen molar-refractivity contribution in [3.8, 4) is 11.6 Å². The number of nitrogens with zero attached hydrogens (tertiary/aromatic N) is 4. The van der Waals surface area contributed by atoms with E-state index < -0.39 is 17.4 Å². The van der Waals surface area contributed by atoms with Crippen LogP contribution in [0.4, 0.5) is 8.78 Å². The molecule has 0 spiro atoms. The third-order valence-corrected chi connectivity index (χ3v) is 5.05. The maximum atomic E-state index is 13.8. The van der Waals surface area contributed by atoms with Crippen molar-refractivity contribution in [1.82, 2.24) is 19.9 Å². The van der Waals surface area contributed by atoms with Gasteiger partial charge in [-0.05, 0) is 43.5 Å². The molecule has 0 aliphatic heterocycles. The molecule has 2 aromatic heterocycles. The molecule has 1 aliphatic carbocycles. The molecule has 1 aromatic carbocycles. The van der Waals surface area contributed by atoms with E-state index in [2.05, 4.69) is 15.2 Å². The fourth-order valence-electron chi connectivity index (χ4n) is 3.21. The zero-order valence-corrected chi connectivity index (χ0v) is 15.1. The summed E-state index contributed by atoms with van der Waals surface area (Å²) in [6.07, 6.45) is 0.840. The number of aromatic nitrogens is 4. The second kappa shape index (κ2) is 6.53. The van der Waals surface area contributed by atoms with Crippen LogP contribution in [-0.4, -0.2) is 26.2 Å². The number of carbonyl (C=O) groups is 1. The van der Waals surface area contributed by atoms with Gasteiger partial charge in [0.25, 0.3) is 5.89 Å². The predicted molar refractivity (Wildman–Crippen MR) is 92.5 cm³/mol. The minimum Gasteiger partial charge on any atom is -0.332 e. The average molecular weight is 393 g/mol. The van der Waals surface area contributed by atoms with Crippen LogP contribution in [0, 0.1) is 5.82 Å². The Hall–Kier alpha value is -2.61. The van der Waals surface area contributed by atoms with Gasteiger partial charge in [0.15, 0.2) is 11.5 Å². The average Bonchev–Trinajstić information content (AvgIpc) is 3.07. The van der Waals surface area contributed by atoms with Gasteiger partial charge in [0.05, 0.1) is 17.7 Å². The molecule has 1 aliphatic rings. The standard InChI is InChI=1S/C18H15ClF2N4O2/c1-10(20)15-9-14(23-25(15)6-7-26)16-22-17(24-27-16)18(4-5-18)12-3-2-11(21)8-13(12)19/h2-3,7-10H,4-6H2,1H3. The summed E-state index contributed by atoms with van der Waals surface area (Å²) in [5.41, 5.74) is 0.756. The van der Waals surface area contributed by atoms with E-state index in [9.17, 15) is 13.6 Å². The van der Waals surface area contributed by atoms with Gasteiger partial charge in [-0.3, -0.25) is 4.68 Å². The molecule has 140 valence electrons. The summed E-state index contributed by atoms with van der Waals surface area (Å²) in [5, 5.41) is 8.54. The maximum absolute atomic E-state index is 13.8. The number of benzene rings is 1. The molecule has 27 heavy (non-hydrogen) atoms. The van der Waals surface area contributed by atoms with Gasteiger partial charge in [0, 0.05) is 5.02 Å². The van der Waals surface area contributed by atoms with Gasteiger partial charge in [-0.15, -0.1) is 0 Å². The summed E-state index contributed by atoms with van der Waals surface area (Å²) in [6, 6.07) is 5.71. The highest BCUT2D eigenvalue weighted by molar-refractivity contribution is 6.31. The van der Waals surface area contributed by atoms with Crippen molar-refractivity contribution >= 4 is 17.9 Å². The smallest absolute Gasteiger partial charge is 0.278 e. The van der Waals surface area contributed by atoms with Crippen LogP contribution in [0.15, 0.2) is 28.8 Å². The lowest BCUT2D eigenvalue weighted by molar-refractivity contribution is -0.108. The molecule has 6 nitrogen and oxygen atoms in total. The highest BCUT2D eigenvalue weighted by Crippen LogP contribution is 2.54. The molecule has 4 rings (SSSR count). The number of hydrogen-bond donors (Lipinski definition) is 0. The molecule has 2 heterocycles. The van der Waals surface area contributed by atoms with Crippen LogP contribution in [0.5, 0.6) is 0 Å². The number of rotatable bonds is 6. The predicted octanol–water partition coefficient (Wildman–Crippen LogP) is 4.03. The molecule has 9 heteroatoms. The molecule has 1 unspecified atom stereocenters. The first-order valence-electron chi connectivity index (χ1n) is 8.40. The Morgan fingerprint density at radius 2 is 2.19 bits per heavy atom. The zero-order valence-electron chi connectivity index (χ0n) is 14.3. The fraction of sp³-hybridized carbons (Fsp3) is 0.333. The lowest BCUT2D eigenvalue weighted by Crippen LogP contribution is -2.11. The molecular weight excluding hydrogens is 378 g/mol. The molecule has 0 amide bonds. The van der Waals surface area contributed by atoms with Crippen LogP contribution in [0.2, 0.25) is 5.02 Å². The molecule has 0 N–H and O–H groups in total. The summed E-state index contributed by atoms with van der Waals surface area (Å²) in [4.78, 5) is 15.2. The van der Waals surface area contributed by atoms with Gasteiger partial charge in [-0.2, -0.15) is 10.1 Å². The topological polar surface area (TPSA) is 73.8 Å². The number of alkyl halides is 1. The minimum absolute atomic E-state index is 0.0697. The largest absolute Gasteiger partial charge is 0.332 e. The molecule has 0 bridgehead atoms. The van der Waals surface area contributed by atoms with Crippen molar-refractivity contribution in [1.29, 1.82) is 0 Å². The molecule has 0 radical (unpaired) electrons. The normalized spacial score (nSPS) is 16.3. The summed E-state index contributed by atoms with van der Waals surface area (Å²) < 4.78 is 33.7. The zero-order chi connectivity index (χ0) is 19.2. The van der Waals surface area contributed by atoms with Crippen LogP contribution >= 0.6 is 11.6 Å². The van der Waals surface area contributed by atoms with Gasteiger partial charge >= 0.3 is 0 Å². The first-order valence-corrected chi connectivity index (χ1v) is 8.78. The van der Waals surface area contributed by atoms with Crippen LogP contribution < -0.4 is 0 Å². The second-order valence-corrected chi connectivity index (χ2v) is 6.96. The lowest BCUT2D eigenvalue weighted by Gasteiger charge is -2.12. The van der Waals surface area contributed by atoms with Crippen LogP contribution in [0.25, 0.3) is 11.6 Å². The van der Waals surface area contributed by atoms with Gasteiger partial charge < -0.3 is 9.32 Å². The third kappa shape index (κ3) is 3.03. The van der Waals surface area contributed by atoms with E-state index in [1.54, 1.807) is 6.07 Å². The summed E-state index contributed by atoms with van der Waals surface area (Å²) >= 11 is 6.20.